The SMILES string of the molecule is CCOC(=O)c1cccnc1N1CC(C(C)C(=O)O)C1. The van der Waals surface area contributed by atoms with Gasteiger partial charge in [-0.05, 0) is 19.1 Å². The summed E-state index contributed by atoms with van der Waals surface area (Å²) in [7, 11) is 0. The smallest absolute Gasteiger partial charge is 0.341 e. The Morgan fingerprint density at radius 2 is 2.25 bits per heavy atom. The first kappa shape index (κ1) is 14.3. The van der Waals surface area contributed by atoms with Gasteiger partial charge in [0.15, 0.2) is 0 Å². The highest BCUT2D eigenvalue weighted by atomic mass is 16.5. The van der Waals surface area contributed by atoms with Crippen LogP contribution in [0.2, 0.25) is 0 Å². The third-order valence-corrected chi connectivity index (χ3v) is 3.59. The van der Waals surface area contributed by atoms with E-state index in [-0.39, 0.29) is 11.8 Å². The second kappa shape index (κ2) is 5.90. The highest BCUT2D eigenvalue weighted by Gasteiger charge is 2.36. The van der Waals surface area contributed by atoms with Crippen LogP contribution in [0.4, 0.5) is 5.82 Å². The molecule has 108 valence electrons. The maximum absolute atomic E-state index is 11.9. The molecule has 1 unspecified atom stereocenters. The van der Waals surface area contributed by atoms with Gasteiger partial charge < -0.3 is 14.7 Å². The molecule has 0 bridgehead atoms. The first-order valence-electron chi connectivity index (χ1n) is 6.64. The lowest BCUT2D eigenvalue weighted by Crippen LogP contribution is -2.51. The lowest BCUT2D eigenvalue weighted by molar-refractivity contribution is -0.143. The summed E-state index contributed by atoms with van der Waals surface area (Å²) in [5.74, 6) is -0.919. The summed E-state index contributed by atoms with van der Waals surface area (Å²) in [6.07, 6.45) is 1.62. The molecule has 0 aromatic carbocycles. The second-order valence-corrected chi connectivity index (χ2v) is 4.89. The van der Waals surface area contributed by atoms with E-state index >= 15 is 0 Å². The van der Waals surface area contributed by atoms with Crippen LogP contribution in [0.5, 0.6) is 0 Å². The van der Waals surface area contributed by atoms with Crippen LogP contribution >= 0.6 is 0 Å². The molecule has 1 aromatic heterocycles. The van der Waals surface area contributed by atoms with Crippen molar-refractivity contribution in [2.24, 2.45) is 11.8 Å². The Hall–Kier alpha value is -2.11. The van der Waals surface area contributed by atoms with Gasteiger partial charge in [0, 0.05) is 25.2 Å². The number of carboxylic acids is 1. The Balaban J connectivity index is 2.08. The van der Waals surface area contributed by atoms with Crippen molar-refractivity contribution >= 4 is 17.8 Å². The largest absolute Gasteiger partial charge is 0.481 e. The van der Waals surface area contributed by atoms with E-state index in [1.54, 1.807) is 32.2 Å². The Kier molecular flexibility index (Phi) is 4.22. The summed E-state index contributed by atoms with van der Waals surface area (Å²) in [4.78, 5) is 28.9. The second-order valence-electron chi connectivity index (χ2n) is 4.89. The topological polar surface area (TPSA) is 79.7 Å². The Bertz CT molecular complexity index is 512. The van der Waals surface area contributed by atoms with E-state index in [0.717, 1.165) is 0 Å². The number of rotatable bonds is 5. The minimum Gasteiger partial charge on any atom is -0.481 e. The predicted octanol–water partition coefficient (Wildman–Crippen LogP) is 1.42. The molecule has 20 heavy (non-hydrogen) atoms. The molecule has 0 radical (unpaired) electrons. The molecule has 2 heterocycles. The monoisotopic (exact) mass is 278 g/mol. The van der Waals surface area contributed by atoms with Crippen molar-refractivity contribution in [1.82, 2.24) is 4.98 Å². The fourth-order valence-corrected chi connectivity index (χ4v) is 2.22. The number of carbonyl (C=O) groups is 2. The fraction of sp³-hybridized carbons (Fsp3) is 0.500. The minimum absolute atomic E-state index is 0.0875. The average molecular weight is 278 g/mol. The lowest BCUT2D eigenvalue weighted by atomic mass is 9.87. The third-order valence-electron chi connectivity index (χ3n) is 3.59. The van der Waals surface area contributed by atoms with Gasteiger partial charge in [-0.15, -0.1) is 0 Å². The minimum atomic E-state index is -0.790. The molecule has 0 saturated carbocycles. The summed E-state index contributed by atoms with van der Waals surface area (Å²) >= 11 is 0. The van der Waals surface area contributed by atoms with Crippen LogP contribution in [0.3, 0.4) is 0 Å². The highest BCUT2D eigenvalue weighted by molar-refractivity contribution is 5.95. The molecule has 1 atom stereocenters. The molecule has 1 N–H and O–H groups in total. The van der Waals surface area contributed by atoms with E-state index < -0.39 is 11.9 Å². The summed E-state index contributed by atoms with van der Waals surface area (Å²) in [6.45, 7) is 4.96. The highest BCUT2D eigenvalue weighted by Crippen LogP contribution is 2.30. The standard InChI is InChI=1S/C14H18N2O4/c1-3-20-14(19)11-5-4-6-15-12(11)16-7-10(8-16)9(2)13(17)18/h4-6,9-10H,3,7-8H2,1-2H3,(H,17,18). The maximum Gasteiger partial charge on any atom is 0.341 e. The van der Waals surface area contributed by atoms with Crippen molar-refractivity contribution in [3.8, 4) is 0 Å². The van der Waals surface area contributed by atoms with Crippen molar-refractivity contribution in [2.75, 3.05) is 24.6 Å². The molecular formula is C14H18N2O4. The molecular weight excluding hydrogens is 260 g/mol. The van der Waals surface area contributed by atoms with E-state index in [1.165, 1.54) is 0 Å². The van der Waals surface area contributed by atoms with E-state index in [4.69, 9.17) is 9.84 Å². The number of aliphatic carboxylic acids is 1. The lowest BCUT2D eigenvalue weighted by Gasteiger charge is -2.42. The van der Waals surface area contributed by atoms with E-state index in [9.17, 15) is 9.59 Å². The van der Waals surface area contributed by atoms with Crippen molar-refractivity contribution in [3.63, 3.8) is 0 Å². The normalized spacial score (nSPS) is 16.4. The molecule has 1 aliphatic heterocycles. The van der Waals surface area contributed by atoms with Crippen LogP contribution in [-0.4, -0.2) is 41.7 Å². The molecule has 6 nitrogen and oxygen atoms in total. The number of carbonyl (C=O) groups excluding carboxylic acids is 1. The quantitative estimate of drug-likeness (QED) is 0.820. The first-order chi connectivity index (χ1) is 9.54. The van der Waals surface area contributed by atoms with Gasteiger partial charge in [-0.25, -0.2) is 9.78 Å². The van der Waals surface area contributed by atoms with E-state index in [1.807, 2.05) is 4.90 Å². The van der Waals surface area contributed by atoms with Gasteiger partial charge in [0.2, 0.25) is 0 Å². The van der Waals surface area contributed by atoms with Crippen LogP contribution in [0, 0.1) is 11.8 Å². The molecule has 0 aliphatic carbocycles. The molecule has 1 saturated heterocycles. The number of ether oxygens (including phenoxy) is 1. The summed E-state index contributed by atoms with van der Waals surface area (Å²) < 4.78 is 5.00. The van der Waals surface area contributed by atoms with Crippen LogP contribution in [-0.2, 0) is 9.53 Å². The fourth-order valence-electron chi connectivity index (χ4n) is 2.22. The van der Waals surface area contributed by atoms with Crippen LogP contribution in [0.15, 0.2) is 18.3 Å². The molecule has 0 amide bonds. The van der Waals surface area contributed by atoms with Gasteiger partial charge in [0.25, 0.3) is 0 Å². The molecule has 6 heteroatoms. The zero-order chi connectivity index (χ0) is 14.7. The zero-order valence-corrected chi connectivity index (χ0v) is 11.6. The summed E-state index contributed by atoms with van der Waals surface area (Å²) in [5, 5.41) is 8.98. The van der Waals surface area contributed by atoms with Gasteiger partial charge in [-0.3, -0.25) is 4.79 Å². The molecule has 1 fully saturated rings. The molecule has 1 aliphatic rings. The van der Waals surface area contributed by atoms with Gasteiger partial charge in [-0.1, -0.05) is 6.92 Å². The van der Waals surface area contributed by atoms with E-state index in [0.29, 0.717) is 31.1 Å². The number of esters is 1. The van der Waals surface area contributed by atoms with Crippen molar-refractivity contribution < 1.29 is 19.4 Å². The van der Waals surface area contributed by atoms with Gasteiger partial charge in [0.05, 0.1) is 12.5 Å². The zero-order valence-electron chi connectivity index (χ0n) is 11.6. The Morgan fingerprint density at radius 3 is 2.85 bits per heavy atom. The molecule has 1 aromatic rings. The number of carboxylic acid groups (broad SMARTS) is 1. The van der Waals surface area contributed by atoms with Crippen molar-refractivity contribution in [2.45, 2.75) is 13.8 Å². The Labute approximate surface area is 117 Å². The van der Waals surface area contributed by atoms with Gasteiger partial charge in [-0.2, -0.15) is 0 Å². The molecule has 0 spiro atoms. The van der Waals surface area contributed by atoms with Crippen LogP contribution in [0.1, 0.15) is 24.2 Å². The first-order valence-corrected chi connectivity index (χ1v) is 6.64. The van der Waals surface area contributed by atoms with Gasteiger partial charge in [0.1, 0.15) is 11.4 Å². The van der Waals surface area contributed by atoms with Crippen LogP contribution in [0.25, 0.3) is 0 Å². The summed E-state index contributed by atoms with van der Waals surface area (Å²) in [6, 6.07) is 3.36. The number of anilines is 1. The van der Waals surface area contributed by atoms with E-state index in [2.05, 4.69) is 4.98 Å². The average Bonchev–Trinajstić information content (AvgIpc) is 2.37. The number of hydrogen-bond acceptors (Lipinski definition) is 5. The number of hydrogen-bond donors (Lipinski definition) is 1. The Morgan fingerprint density at radius 1 is 1.55 bits per heavy atom. The summed E-state index contributed by atoms with van der Waals surface area (Å²) in [5.41, 5.74) is 0.427. The van der Waals surface area contributed by atoms with Gasteiger partial charge >= 0.3 is 11.9 Å². The molecule has 2 rings (SSSR count). The number of pyridine rings is 1. The predicted molar refractivity (Wildman–Crippen MR) is 72.7 cm³/mol. The number of nitrogens with zero attached hydrogens (tertiary/aromatic N) is 2. The van der Waals surface area contributed by atoms with Crippen LogP contribution < -0.4 is 4.90 Å². The van der Waals surface area contributed by atoms with Crippen molar-refractivity contribution in [3.05, 3.63) is 23.9 Å². The third kappa shape index (κ3) is 2.74. The maximum atomic E-state index is 11.9. The van der Waals surface area contributed by atoms with Crippen molar-refractivity contribution in [1.29, 1.82) is 0 Å². The number of aromatic nitrogens is 1.